The molecule has 1 aliphatic carbocycles. The van der Waals surface area contributed by atoms with Gasteiger partial charge >= 0.3 is 0 Å². The maximum absolute atomic E-state index is 12.4. The van der Waals surface area contributed by atoms with Crippen molar-refractivity contribution in [2.45, 2.75) is 25.5 Å². The summed E-state index contributed by atoms with van der Waals surface area (Å²) in [5.74, 6) is -0.186. The van der Waals surface area contributed by atoms with E-state index in [9.17, 15) is 9.90 Å². The molecule has 1 amide bonds. The maximum Gasteiger partial charge on any atom is 0.295 e. The van der Waals surface area contributed by atoms with Crippen LogP contribution in [0.3, 0.4) is 0 Å². The molecule has 0 aliphatic heterocycles. The van der Waals surface area contributed by atoms with Crippen molar-refractivity contribution in [1.82, 2.24) is 15.0 Å². The molecule has 0 unspecified atom stereocenters. The second-order valence-corrected chi connectivity index (χ2v) is 6.07. The second-order valence-electron chi connectivity index (χ2n) is 5.22. The highest BCUT2D eigenvalue weighted by atomic mass is 35.5. The third kappa shape index (κ3) is 2.47. The number of amides is 1. The summed E-state index contributed by atoms with van der Waals surface area (Å²) in [4.78, 5) is 17.7. The summed E-state index contributed by atoms with van der Waals surface area (Å²) in [6.07, 6.45) is -0.410. The molecule has 3 rings (SSSR count). The lowest BCUT2D eigenvalue weighted by molar-refractivity contribution is 0.0484. The molecular weight excluding hydrogens is 329 g/mol. The summed E-state index contributed by atoms with van der Waals surface area (Å²) in [5.41, 5.74) is 1.54. The molecule has 8 heteroatoms. The highest BCUT2D eigenvalue weighted by Gasteiger charge is 2.38. The molecule has 1 aliphatic rings. The molecule has 0 spiro atoms. The van der Waals surface area contributed by atoms with Gasteiger partial charge in [0.25, 0.3) is 11.7 Å². The van der Waals surface area contributed by atoms with Crippen LogP contribution in [0.1, 0.15) is 33.7 Å². The molecule has 0 bridgehead atoms. The molecule has 1 aromatic carbocycles. The van der Waals surface area contributed by atoms with Crippen molar-refractivity contribution in [3.8, 4) is 0 Å². The van der Waals surface area contributed by atoms with Gasteiger partial charge in [0.2, 0.25) is 5.89 Å². The van der Waals surface area contributed by atoms with Gasteiger partial charge in [-0.1, -0.05) is 28.4 Å². The smallest absolute Gasteiger partial charge is 0.295 e. The van der Waals surface area contributed by atoms with Crippen LogP contribution >= 0.6 is 23.2 Å². The minimum Gasteiger partial charge on any atom is -0.390 e. The first kappa shape index (κ1) is 15.3. The number of aliphatic hydroxyl groups excluding tert-OH is 1. The van der Waals surface area contributed by atoms with Crippen molar-refractivity contribution in [3.05, 3.63) is 45.0 Å². The van der Waals surface area contributed by atoms with Gasteiger partial charge in [-0.2, -0.15) is 4.98 Å². The summed E-state index contributed by atoms with van der Waals surface area (Å²) in [6, 6.07) is 2.79. The standard InChI is InChI=1S/C14H13Cl2N3O3/c1-6-17-13(18-22-6)14(21)19(2)12-9-3-7(15)4-10(16)8(9)5-11(12)20/h3-4,11-12,20H,5H2,1-2H3/t11-,12+/m0/s1. The third-order valence-electron chi connectivity index (χ3n) is 3.75. The van der Waals surface area contributed by atoms with Gasteiger partial charge in [0.15, 0.2) is 0 Å². The van der Waals surface area contributed by atoms with E-state index in [4.69, 9.17) is 27.7 Å². The molecular formula is C14H13Cl2N3O3. The SMILES string of the molecule is Cc1nc(C(=O)N(C)[C@@H]2c3cc(Cl)cc(Cl)c3C[C@@H]2O)no1. The molecule has 116 valence electrons. The zero-order valence-corrected chi connectivity index (χ0v) is 13.4. The number of nitrogens with zero attached hydrogens (tertiary/aromatic N) is 3. The molecule has 2 atom stereocenters. The van der Waals surface area contributed by atoms with Crippen LogP contribution in [0.2, 0.25) is 10.0 Å². The van der Waals surface area contributed by atoms with Crippen LogP contribution in [0.15, 0.2) is 16.7 Å². The molecule has 0 fully saturated rings. The van der Waals surface area contributed by atoms with Crippen molar-refractivity contribution in [2.24, 2.45) is 0 Å². The zero-order chi connectivity index (χ0) is 16.0. The Bertz CT molecular complexity index is 747. The molecule has 6 nitrogen and oxygen atoms in total. The number of likely N-dealkylation sites (N-methyl/N-ethyl adjacent to an activating group) is 1. The van der Waals surface area contributed by atoms with Gasteiger partial charge in [0, 0.05) is 30.4 Å². The average Bonchev–Trinajstić information content (AvgIpc) is 3.01. The number of aliphatic hydroxyl groups is 1. The normalized spacial score (nSPS) is 20.0. The van der Waals surface area contributed by atoms with Gasteiger partial charge in [0.1, 0.15) is 0 Å². The number of aromatic nitrogens is 2. The minimum absolute atomic E-state index is 0.0474. The first-order valence-corrected chi connectivity index (χ1v) is 7.37. The van der Waals surface area contributed by atoms with E-state index < -0.39 is 18.1 Å². The monoisotopic (exact) mass is 341 g/mol. The van der Waals surface area contributed by atoms with Gasteiger partial charge in [-0.3, -0.25) is 4.79 Å². The first-order valence-electron chi connectivity index (χ1n) is 6.62. The fraction of sp³-hybridized carbons (Fsp3) is 0.357. The highest BCUT2D eigenvalue weighted by molar-refractivity contribution is 6.35. The van der Waals surface area contributed by atoms with E-state index in [0.717, 1.165) is 11.1 Å². The number of benzene rings is 1. The van der Waals surface area contributed by atoms with Crippen molar-refractivity contribution in [1.29, 1.82) is 0 Å². The Morgan fingerprint density at radius 3 is 2.82 bits per heavy atom. The Kier molecular flexibility index (Phi) is 3.84. The van der Waals surface area contributed by atoms with Crippen LogP contribution in [0.4, 0.5) is 0 Å². The van der Waals surface area contributed by atoms with E-state index in [1.54, 1.807) is 26.1 Å². The number of carbonyl (C=O) groups is 1. The van der Waals surface area contributed by atoms with Gasteiger partial charge in [0.05, 0.1) is 12.1 Å². The van der Waals surface area contributed by atoms with Crippen molar-refractivity contribution >= 4 is 29.1 Å². The molecule has 0 saturated heterocycles. The van der Waals surface area contributed by atoms with Gasteiger partial charge in [-0.25, -0.2) is 0 Å². The number of halogens is 2. The summed E-state index contributed by atoms with van der Waals surface area (Å²) < 4.78 is 4.82. The molecule has 1 N–H and O–H groups in total. The van der Waals surface area contributed by atoms with Crippen molar-refractivity contribution in [2.75, 3.05) is 7.05 Å². The average molecular weight is 342 g/mol. The first-order chi connectivity index (χ1) is 10.4. The van der Waals surface area contributed by atoms with Gasteiger partial charge < -0.3 is 14.5 Å². The quantitative estimate of drug-likeness (QED) is 0.907. The summed E-state index contributed by atoms with van der Waals surface area (Å²) in [6.45, 7) is 1.60. The van der Waals surface area contributed by atoms with Crippen molar-refractivity contribution < 1.29 is 14.4 Å². The Morgan fingerprint density at radius 2 is 2.18 bits per heavy atom. The topological polar surface area (TPSA) is 79.5 Å². The maximum atomic E-state index is 12.4. The van der Waals surface area contributed by atoms with Gasteiger partial charge in [-0.05, 0) is 23.3 Å². The van der Waals surface area contributed by atoms with E-state index in [0.29, 0.717) is 22.4 Å². The number of carbonyl (C=O) groups excluding carboxylic acids is 1. The molecule has 0 radical (unpaired) electrons. The molecule has 1 heterocycles. The zero-order valence-electron chi connectivity index (χ0n) is 11.9. The minimum atomic E-state index is -0.770. The van der Waals surface area contributed by atoms with Crippen LogP contribution in [-0.4, -0.2) is 39.2 Å². The Morgan fingerprint density at radius 1 is 1.45 bits per heavy atom. The van der Waals surface area contributed by atoms with E-state index >= 15 is 0 Å². The fourth-order valence-corrected chi connectivity index (χ4v) is 3.35. The summed E-state index contributed by atoms with van der Waals surface area (Å²) >= 11 is 12.2. The van der Waals surface area contributed by atoms with Crippen LogP contribution in [-0.2, 0) is 6.42 Å². The molecule has 1 aromatic heterocycles. The fourth-order valence-electron chi connectivity index (χ4n) is 2.77. The number of aryl methyl sites for hydroxylation is 1. The number of fused-ring (bicyclic) bond motifs is 1. The predicted molar refractivity (Wildman–Crippen MR) is 80.0 cm³/mol. The van der Waals surface area contributed by atoms with Crippen LogP contribution in [0, 0.1) is 6.92 Å². The summed E-state index contributed by atoms with van der Waals surface area (Å²) in [7, 11) is 1.58. The Hall–Kier alpha value is -1.63. The predicted octanol–water partition coefficient (Wildman–Crippen LogP) is 2.42. The lowest BCUT2D eigenvalue weighted by Gasteiger charge is -2.27. The molecule has 0 saturated carbocycles. The highest BCUT2D eigenvalue weighted by Crippen LogP contribution is 2.41. The van der Waals surface area contributed by atoms with Crippen LogP contribution in [0.25, 0.3) is 0 Å². The summed E-state index contributed by atoms with van der Waals surface area (Å²) in [5, 5.41) is 14.9. The van der Waals surface area contributed by atoms with Crippen LogP contribution < -0.4 is 0 Å². The Labute approximate surface area is 136 Å². The number of hydrogen-bond acceptors (Lipinski definition) is 5. The van der Waals surface area contributed by atoms with E-state index in [1.165, 1.54) is 4.90 Å². The van der Waals surface area contributed by atoms with E-state index in [2.05, 4.69) is 10.1 Å². The molecule has 22 heavy (non-hydrogen) atoms. The number of rotatable bonds is 2. The van der Waals surface area contributed by atoms with Gasteiger partial charge in [-0.15, -0.1) is 0 Å². The van der Waals surface area contributed by atoms with E-state index in [1.807, 2.05) is 0 Å². The lowest BCUT2D eigenvalue weighted by Crippen LogP contribution is -2.36. The Balaban J connectivity index is 1.97. The largest absolute Gasteiger partial charge is 0.390 e. The second kappa shape index (κ2) is 5.53. The number of hydrogen-bond donors (Lipinski definition) is 1. The van der Waals surface area contributed by atoms with E-state index in [-0.39, 0.29) is 5.82 Å². The van der Waals surface area contributed by atoms with Crippen molar-refractivity contribution in [3.63, 3.8) is 0 Å². The third-order valence-corrected chi connectivity index (χ3v) is 4.30. The van der Waals surface area contributed by atoms with Crippen LogP contribution in [0.5, 0.6) is 0 Å². The lowest BCUT2D eigenvalue weighted by atomic mass is 10.1. The molecule has 2 aromatic rings.